The fourth-order valence-electron chi connectivity index (χ4n) is 0.593. The first-order valence-electron chi connectivity index (χ1n) is 2.88. The van der Waals surface area contributed by atoms with Crippen LogP contribution in [-0.4, -0.2) is 11.3 Å². The van der Waals surface area contributed by atoms with Crippen molar-refractivity contribution in [3.05, 3.63) is 28.5 Å². The molecule has 0 unspecified atom stereocenters. The van der Waals surface area contributed by atoms with E-state index in [0.717, 1.165) is 10.0 Å². The summed E-state index contributed by atoms with van der Waals surface area (Å²) in [6.07, 6.45) is 3.81. The minimum absolute atomic E-state index is 0.556. The van der Waals surface area contributed by atoms with Crippen LogP contribution >= 0.6 is 15.9 Å². The van der Waals surface area contributed by atoms with Gasteiger partial charge >= 0.3 is 0 Å². The Balaban J connectivity index is 2.96. The van der Waals surface area contributed by atoms with Crippen LogP contribution < -0.4 is 0 Å². The zero-order valence-electron chi connectivity index (χ0n) is 5.54. The maximum Gasteiger partial charge on any atom is 0.193 e. The Morgan fingerprint density at radius 2 is 2.36 bits per heavy atom. The number of nitrogens with zero attached hydrogens (tertiary/aromatic N) is 1. The average Bonchev–Trinajstić information content (AvgIpc) is 2.01. The lowest BCUT2D eigenvalue weighted by Crippen LogP contribution is -1.77. The lowest BCUT2D eigenvalue weighted by molar-refractivity contribution is -0.103. The number of halogens is 1. The minimum atomic E-state index is 0.556. The highest BCUT2D eigenvalue weighted by molar-refractivity contribution is 9.10. The molecule has 3 heteroatoms. The smallest absolute Gasteiger partial charge is 0.193 e. The summed E-state index contributed by atoms with van der Waals surface area (Å²) in [5, 5.41) is 0. The molecule has 0 spiro atoms. The van der Waals surface area contributed by atoms with E-state index in [-0.39, 0.29) is 0 Å². The molecule has 0 amide bonds. The van der Waals surface area contributed by atoms with Crippen molar-refractivity contribution < 1.29 is 4.79 Å². The summed E-state index contributed by atoms with van der Waals surface area (Å²) in [6, 6.07) is 1.80. The third-order valence-electron chi connectivity index (χ3n) is 0.980. The number of aldehydes is 1. The number of hydrogen-bond acceptors (Lipinski definition) is 2. The van der Waals surface area contributed by atoms with Crippen LogP contribution in [0.2, 0.25) is 0 Å². The molecule has 1 rings (SSSR count). The van der Waals surface area contributed by atoms with E-state index in [0.29, 0.717) is 6.29 Å². The second kappa shape index (κ2) is 3.89. The van der Waals surface area contributed by atoms with Crippen molar-refractivity contribution in [2.75, 3.05) is 0 Å². The van der Waals surface area contributed by atoms with Crippen molar-refractivity contribution in [2.45, 2.75) is 0 Å². The van der Waals surface area contributed by atoms with Gasteiger partial charge in [-0.1, -0.05) is 5.92 Å². The first-order chi connectivity index (χ1) is 5.33. The molecule has 0 aliphatic rings. The number of rotatable bonds is 0. The Morgan fingerprint density at radius 3 is 3.00 bits per heavy atom. The van der Waals surface area contributed by atoms with Gasteiger partial charge in [-0.05, 0) is 27.9 Å². The lowest BCUT2D eigenvalue weighted by Gasteiger charge is -1.88. The summed E-state index contributed by atoms with van der Waals surface area (Å²) < 4.78 is 0.857. The van der Waals surface area contributed by atoms with Gasteiger partial charge in [-0.25, -0.2) is 0 Å². The van der Waals surface area contributed by atoms with E-state index in [2.05, 4.69) is 32.8 Å². The Bertz CT molecular complexity index is 324. The van der Waals surface area contributed by atoms with E-state index in [1.807, 2.05) is 0 Å². The van der Waals surface area contributed by atoms with E-state index in [9.17, 15) is 4.79 Å². The maximum absolute atomic E-state index is 9.86. The van der Waals surface area contributed by atoms with E-state index in [1.165, 1.54) is 0 Å². The SMILES string of the molecule is O=CC#Cc1cncc(Br)c1. The van der Waals surface area contributed by atoms with Crippen LogP contribution in [0.25, 0.3) is 0 Å². The van der Waals surface area contributed by atoms with E-state index < -0.39 is 0 Å². The fraction of sp³-hybridized carbons (Fsp3) is 0. The standard InChI is InChI=1S/C8H4BrNO/c9-8-4-7(2-1-3-11)5-10-6-8/h3-6H. The molecule has 0 bridgehead atoms. The fourth-order valence-corrected chi connectivity index (χ4v) is 0.958. The predicted molar refractivity (Wildman–Crippen MR) is 44.9 cm³/mol. The monoisotopic (exact) mass is 209 g/mol. The topological polar surface area (TPSA) is 30.0 Å². The normalized spacial score (nSPS) is 8.09. The van der Waals surface area contributed by atoms with Gasteiger partial charge in [0.05, 0.1) is 0 Å². The highest BCUT2D eigenvalue weighted by atomic mass is 79.9. The molecule has 0 saturated heterocycles. The molecule has 11 heavy (non-hydrogen) atoms. The molecule has 54 valence electrons. The third kappa shape index (κ3) is 2.52. The summed E-state index contributed by atoms with van der Waals surface area (Å²) >= 11 is 3.24. The zero-order chi connectivity index (χ0) is 8.10. The molecule has 0 aromatic carbocycles. The average molecular weight is 210 g/mol. The van der Waals surface area contributed by atoms with Crippen LogP contribution in [0, 0.1) is 11.8 Å². The number of carbonyl (C=O) groups excluding carboxylic acids is 1. The molecular formula is C8H4BrNO. The number of hydrogen-bond donors (Lipinski definition) is 0. The molecule has 0 aliphatic carbocycles. The number of carbonyl (C=O) groups is 1. The summed E-state index contributed by atoms with van der Waals surface area (Å²) in [5.41, 5.74) is 0.728. The molecule has 0 saturated carbocycles. The highest BCUT2D eigenvalue weighted by Gasteiger charge is 1.87. The molecule has 0 N–H and O–H groups in total. The molecule has 0 atom stereocenters. The Labute approximate surface area is 72.8 Å². The molecule has 0 radical (unpaired) electrons. The molecular weight excluding hydrogens is 206 g/mol. The van der Waals surface area contributed by atoms with Crippen molar-refractivity contribution in [2.24, 2.45) is 0 Å². The highest BCUT2D eigenvalue weighted by Crippen LogP contribution is 2.07. The predicted octanol–water partition coefficient (Wildman–Crippen LogP) is 1.39. The summed E-state index contributed by atoms with van der Waals surface area (Å²) in [6.45, 7) is 0. The van der Waals surface area contributed by atoms with Gasteiger partial charge in [-0.2, -0.15) is 0 Å². The quantitative estimate of drug-likeness (QED) is 0.478. The Morgan fingerprint density at radius 1 is 1.55 bits per heavy atom. The van der Waals surface area contributed by atoms with Crippen LogP contribution in [0.3, 0.4) is 0 Å². The number of aromatic nitrogens is 1. The van der Waals surface area contributed by atoms with Gasteiger partial charge in [0.2, 0.25) is 0 Å². The number of pyridine rings is 1. The Hall–Kier alpha value is -1.14. The van der Waals surface area contributed by atoms with Crippen molar-refractivity contribution in [1.82, 2.24) is 4.98 Å². The van der Waals surface area contributed by atoms with Gasteiger partial charge in [0.25, 0.3) is 0 Å². The minimum Gasteiger partial charge on any atom is -0.289 e. The second-order valence-corrected chi connectivity index (χ2v) is 2.69. The van der Waals surface area contributed by atoms with Crippen LogP contribution in [0.4, 0.5) is 0 Å². The van der Waals surface area contributed by atoms with Gasteiger partial charge < -0.3 is 0 Å². The van der Waals surface area contributed by atoms with Gasteiger partial charge in [0, 0.05) is 22.4 Å². The van der Waals surface area contributed by atoms with E-state index in [4.69, 9.17) is 0 Å². The Kier molecular flexibility index (Phi) is 2.82. The van der Waals surface area contributed by atoms with Crippen LogP contribution in [0.15, 0.2) is 22.9 Å². The van der Waals surface area contributed by atoms with Gasteiger partial charge in [-0.15, -0.1) is 0 Å². The van der Waals surface area contributed by atoms with Crippen LogP contribution in [0.1, 0.15) is 5.56 Å². The second-order valence-electron chi connectivity index (χ2n) is 1.78. The largest absolute Gasteiger partial charge is 0.289 e. The van der Waals surface area contributed by atoms with Crippen LogP contribution in [0.5, 0.6) is 0 Å². The van der Waals surface area contributed by atoms with Gasteiger partial charge in [0.1, 0.15) is 0 Å². The molecule has 1 heterocycles. The summed E-state index contributed by atoms with van der Waals surface area (Å²) in [5.74, 6) is 4.92. The van der Waals surface area contributed by atoms with E-state index >= 15 is 0 Å². The molecule has 0 aliphatic heterocycles. The molecule has 2 nitrogen and oxygen atoms in total. The van der Waals surface area contributed by atoms with Gasteiger partial charge in [0.15, 0.2) is 6.29 Å². The van der Waals surface area contributed by atoms with Crippen molar-refractivity contribution in [3.63, 3.8) is 0 Å². The van der Waals surface area contributed by atoms with Gasteiger partial charge in [-0.3, -0.25) is 9.78 Å². The van der Waals surface area contributed by atoms with Crippen molar-refractivity contribution >= 4 is 22.2 Å². The molecule has 0 fully saturated rings. The molecule has 1 aromatic rings. The summed E-state index contributed by atoms with van der Waals surface area (Å²) in [4.78, 5) is 13.7. The first kappa shape index (κ1) is 7.96. The molecule has 1 aromatic heterocycles. The van der Waals surface area contributed by atoms with Crippen molar-refractivity contribution in [1.29, 1.82) is 0 Å². The maximum atomic E-state index is 9.86. The lowest BCUT2D eigenvalue weighted by atomic mass is 10.3. The first-order valence-corrected chi connectivity index (χ1v) is 3.68. The zero-order valence-corrected chi connectivity index (χ0v) is 7.13. The van der Waals surface area contributed by atoms with Crippen molar-refractivity contribution in [3.8, 4) is 11.8 Å². The van der Waals surface area contributed by atoms with Crippen LogP contribution in [-0.2, 0) is 4.79 Å². The third-order valence-corrected chi connectivity index (χ3v) is 1.41. The van der Waals surface area contributed by atoms with E-state index in [1.54, 1.807) is 18.5 Å². The summed E-state index contributed by atoms with van der Waals surface area (Å²) in [7, 11) is 0.